The number of urea groups is 1. The van der Waals surface area contributed by atoms with Crippen LogP contribution in [0.15, 0.2) is 22.8 Å². The SMILES string of the molecule is CN(C)C1(CNC(=O)NCc2ccco2)CCCCC1. The van der Waals surface area contributed by atoms with Gasteiger partial charge >= 0.3 is 6.03 Å². The zero-order valence-corrected chi connectivity index (χ0v) is 12.4. The average molecular weight is 279 g/mol. The second kappa shape index (κ2) is 6.79. The van der Waals surface area contributed by atoms with E-state index in [0.29, 0.717) is 13.1 Å². The van der Waals surface area contributed by atoms with Crippen molar-refractivity contribution in [3.63, 3.8) is 0 Å². The molecule has 0 saturated heterocycles. The highest BCUT2D eigenvalue weighted by Crippen LogP contribution is 2.31. The van der Waals surface area contributed by atoms with Crippen molar-refractivity contribution >= 4 is 6.03 Å². The molecule has 1 aromatic heterocycles. The number of rotatable bonds is 5. The fourth-order valence-corrected chi connectivity index (χ4v) is 2.88. The predicted octanol–water partition coefficient (Wildman–Crippen LogP) is 2.34. The normalized spacial score (nSPS) is 17.9. The van der Waals surface area contributed by atoms with Gasteiger partial charge in [0.1, 0.15) is 5.76 Å². The van der Waals surface area contributed by atoms with E-state index in [0.717, 1.165) is 18.6 Å². The molecule has 5 nitrogen and oxygen atoms in total. The average Bonchev–Trinajstić information content (AvgIpc) is 2.97. The number of carbonyl (C=O) groups excluding carboxylic acids is 1. The van der Waals surface area contributed by atoms with Gasteiger partial charge in [-0.25, -0.2) is 4.79 Å². The zero-order chi connectivity index (χ0) is 14.4. The molecule has 2 N–H and O–H groups in total. The maximum absolute atomic E-state index is 11.9. The summed E-state index contributed by atoms with van der Waals surface area (Å²) >= 11 is 0. The molecule has 2 amide bonds. The monoisotopic (exact) mass is 279 g/mol. The fraction of sp³-hybridized carbons (Fsp3) is 0.667. The summed E-state index contributed by atoms with van der Waals surface area (Å²) in [5.41, 5.74) is 0.111. The minimum atomic E-state index is -0.131. The van der Waals surface area contributed by atoms with Crippen LogP contribution >= 0.6 is 0 Å². The maximum atomic E-state index is 11.9. The van der Waals surface area contributed by atoms with Crippen molar-refractivity contribution < 1.29 is 9.21 Å². The first kappa shape index (κ1) is 14.9. The standard InChI is InChI=1S/C15H25N3O2/c1-18(2)15(8-4-3-5-9-15)12-17-14(19)16-11-13-7-6-10-20-13/h6-7,10H,3-5,8-9,11-12H2,1-2H3,(H2,16,17,19). The van der Waals surface area contributed by atoms with Crippen LogP contribution < -0.4 is 10.6 Å². The van der Waals surface area contributed by atoms with Gasteiger partial charge in [-0.15, -0.1) is 0 Å². The highest BCUT2D eigenvalue weighted by molar-refractivity contribution is 5.73. The van der Waals surface area contributed by atoms with Crippen LogP contribution in [-0.2, 0) is 6.54 Å². The number of furan rings is 1. The van der Waals surface area contributed by atoms with Crippen LogP contribution in [0, 0.1) is 0 Å². The lowest BCUT2D eigenvalue weighted by Crippen LogP contribution is -2.55. The van der Waals surface area contributed by atoms with Gasteiger partial charge in [0.25, 0.3) is 0 Å². The largest absolute Gasteiger partial charge is 0.467 e. The van der Waals surface area contributed by atoms with E-state index in [-0.39, 0.29) is 11.6 Å². The topological polar surface area (TPSA) is 57.5 Å². The van der Waals surface area contributed by atoms with Crippen LogP contribution in [0.25, 0.3) is 0 Å². The van der Waals surface area contributed by atoms with Gasteiger partial charge in [-0.05, 0) is 39.1 Å². The minimum Gasteiger partial charge on any atom is -0.467 e. The molecule has 2 rings (SSSR count). The van der Waals surface area contributed by atoms with Gasteiger partial charge < -0.3 is 20.0 Å². The van der Waals surface area contributed by atoms with Crippen LogP contribution in [0.4, 0.5) is 4.79 Å². The Morgan fingerprint density at radius 1 is 1.30 bits per heavy atom. The van der Waals surface area contributed by atoms with Gasteiger partial charge in [-0.2, -0.15) is 0 Å². The Morgan fingerprint density at radius 3 is 2.65 bits per heavy atom. The first-order valence-electron chi connectivity index (χ1n) is 7.34. The van der Waals surface area contributed by atoms with E-state index >= 15 is 0 Å². The molecule has 1 heterocycles. The summed E-state index contributed by atoms with van der Waals surface area (Å²) in [5, 5.41) is 5.82. The van der Waals surface area contributed by atoms with E-state index in [1.807, 2.05) is 12.1 Å². The van der Waals surface area contributed by atoms with Crippen LogP contribution in [0.5, 0.6) is 0 Å². The molecular formula is C15H25N3O2. The molecule has 1 saturated carbocycles. The van der Waals surface area contributed by atoms with Crippen LogP contribution in [-0.4, -0.2) is 37.1 Å². The Hall–Kier alpha value is -1.49. The number of hydrogen-bond acceptors (Lipinski definition) is 3. The molecule has 0 bridgehead atoms. The zero-order valence-electron chi connectivity index (χ0n) is 12.4. The number of amides is 2. The Morgan fingerprint density at radius 2 is 2.05 bits per heavy atom. The molecule has 0 aliphatic heterocycles. The quantitative estimate of drug-likeness (QED) is 0.870. The highest BCUT2D eigenvalue weighted by atomic mass is 16.3. The molecule has 112 valence electrons. The number of carbonyl (C=O) groups is 1. The molecule has 0 aromatic carbocycles. The Kier molecular flexibility index (Phi) is 5.06. The van der Waals surface area contributed by atoms with Gasteiger partial charge in [0.15, 0.2) is 0 Å². The molecule has 1 aliphatic carbocycles. The fourth-order valence-electron chi connectivity index (χ4n) is 2.88. The third-order valence-corrected chi connectivity index (χ3v) is 4.31. The van der Waals surface area contributed by atoms with E-state index in [1.54, 1.807) is 6.26 Å². The summed E-state index contributed by atoms with van der Waals surface area (Å²) in [4.78, 5) is 14.1. The van der Waals surface area contributed by atoms with Gasteiger partial charge in [-0.3, -0.25) is 0 Å². The van der Waals surface area contributed by atoms with E-state index < -0.39 is 0 Å². The summed E-state index contributed by atoms with van der Waals surface area (Å²) in [6.07, 6.45) is 7.71. The molecule has 0 spiro atoms. The molecule has 20 heavy (non-hydrogen) atoms. The lowest BCUT2D eigenvalue weighted by molar-refractivity contribution is 0.101. The second-order valence-corrected chi connectivity index (χ2v) is 5.80. The van der Waals surface area contributed by atoms with Gasteiger partial charge in [-0.1, -0.05) is 19.3 Å². The molecule has 0 unspecified atom stereocenters. The van der Waals surface area contributed by atoms with E-state index in [1.165, 1.54) is 19.3 Å². The minimum absolute atomic E-state index is 0.111. The first-order valence-corrected chi connectivity index (χ1v) is 7.34. The van der Waals surface area contributed by atoms with Gasteiger partial charge in [0.2, 0.25) is 0 Å². The molecule has 1 fully saturated rings. The molecule has 5 heteroatoms. The number of hydrogen-bond donors (Lipinski definition) is 2. The van der Waals surface area contributed by atoms with Crippen molar-refractivity contribution in [2.45, 2.75) is 44.2 Å². The van der Waals surface area contributed by atoms with Crippen molar-refractivity contribution in [3.8, 4) is 0 Å². The number of nitrogens with zero attached hydrogens (tertiary/aromatic N) is 1. The lowest BCUT2D eigenvalue weighted by atomic mass is 9.80. The molecule has 0 atom stereocenters. The molecule has 0 radical (unpaired) electrons. The van der Waals surface area contributed by atoms with Crippen molar-refractivity contribution in [1.82, 2.24) is 15.5 Å². The van der Waals surface area contributed by atoms with Crippen molar-refractivity contribution in [2.75, 3.05) is 20.6 Å². The van der Waals surface area contributed by atoms with Gasteiger partial charge in [0, 0.05) is 12.1 Å². The molecular weight excluding hydrogens is 254 g/mol. The number of likely N-dealkylation sites (N-methyl/N-ethyl adjacent to an activating group) is 1. The van der Waals surface area contributed by atoms with Crippen LogP contribution in [0.3, 0.4) is 0 Å². The van der Waals surface area contributed by atoms with E-state index in [9.17, 15) is 4.79 Å². The van der Waals surface area contributed by atoms with Crippen LogP contribution in [0.1, 0.15) is 37.9 Å². The Bertz CT molecular complexity index is 409. The summed E-state index contributed by atoms with van der Waals surface area (Å²) in [6.45, 7) is 1.12. The maximum Gasteiger partial charge on any atom is 0.315 e. The second-order valence-electron chi connectivity index (χ2n) is 5.80. The van der Waals surface area contributed by atoms with Gasteiger partial charge in [0.05, 0.1) is 12.8 Å². The lowest BCUT2D eigenvalue weighted by Gasteiger charge is -2.43. The smallest absolute Gasteiger partial charge is 0.315 e. The third kappa shape index (κ3) is 3.76. The van der Waals surface area contributed by atoms with Crippen LogP contribution in [0.2, 0.25) is 0 Å². The number of nitrogens with one attached hydrogen (secondary N) is 2. The predicted molar refractivity (Wildman–Crippen MR) is 78.4 cm³/mol. The summed E-state index contributed by atoms with van der Waals surface area (Å²) < 4.78 is 5.19. The van der Waals surface area contributed by atoms with E-state index in [4.69, 9.17) is 4.42 Å². The summed E-state index contributed by atoms with van der Waals surface area (Å²) in [5.74, 6) is 0.764. The summed E-state index contributed by atoms with van der Waals surface area (Å²) in [6, 6.07) is 3.54. The Labute approximate surface area is 120 Å². The summed E-state index contributed by atoms with van der Waals surface area (Å²) in [7, 11) is 4.21. The van der Waals surface area contributed by atoms with E-state index in [2.05, 4.69) is 29.6 Å². The first-order chi connectivity index (χ1) is 9.62. The highest BCUT2D eigenvalue weighted by Gasteiger charge is 2.34. The Balaban J connectivity index is 1.78. The third-order valence-electron chi connectivity index (χ3n) is 4.31. The van der Waals surface area contributed by atoms with Crippen molar-refractivity contribution in [3.05, 3.63) is 24.2 Å². The molecule has 1 aliphatic rings. The van der Waals surface area contributed by atoms with Crippen molar-refractivity contribution in [1.29, 1.82) is 0 Å². The van der Waals surface area contributed by atoms with Crippen molar-refractivity contribution in [2.24, 2.45) is 0 Å². The molecule has 1 aromatic rings.